The molecule has 0 fully saturated rings. The van der Waals surface area contributed by atoms with Gasteiger partial charge in [-0.05, 0) is 55.7 Å². The first-order valence-electron chi connectivity index (χ1n) is 7.80. The fraction of sp³-hybridized carbons (Fsp3) is 0.158. The van der Waals surface area contributed by atoms with Crippen LogP contribution in [0.5, 0.6) is 0 Å². The van der Waals surface area contributed by atoms with E-state index in [1.807, 2.05) is 32.0 Å². The largest absolute Gasteiger partial charge is 0.280 e. The molecule has 3 rings (SSSR count). The number of anilines is 1. The molecule has 1 heterocycles. The number of non-ortho nitro benzene ring substituents is 1. The predicted octanol–water partition coefficient (Wildman–Crippen LogP) is 4.02. The highest BCUT2D eigenvalue weighted by Crippen LogP contribution is 2.27. The number of nitro benzene ring substituents is 1. The van der Waals surface area contributed by atoms with Crippen molar-refractivity contribution >= 4 is 29.1 Å². The van der Waals surface area contributed by atoms with Gasteiger partial charge in [-0.1, -0.05) is 18.2 Å². The minimum absolute atomic E-state index is 0.0135. The highest BCUT2D eigenvalue weighted by molar-refractivity contribution is 6.32. The molecule has 6 nitrogen and oxygen atoms in total. The van der Waals surface area contributed by atoms with E-state index in [0.717, 1.165) is 11.1 Å². The summed E-state index contributed by atoms with van der Waals surface area (Å²) < 4.78 is 0. The standard InChI is InChI=1S/C19H17N3O3/c1-12-7-8-16(9-13(12)2)21-19(23)18(14(3)20-21)11-15-5-4-6-17(10-15)22(24)25/h4-11H,1-3H3. The van der Waals surface area contributed by atoms with Crippen LogP contribution in [0.1, 0.15) is 23.6 Å². The van der Waals surface area contributed by atoms with Gasteiger partial charge in [0.15, 0.2) is 0 Å². The molecule has 0 atom stereocenters. The van der Waals surface area contributed by atoms with E-state index in [0.29, 0.717) is 22.5 Å². The summed E-state index contributed by atoms with van der Waals surface area (Å²) in [5, 5.41) is 16.6. The summed E-state index contributed by atoms with van der Waals surface area (Å²) in [5.74, 6) is -0.243. The van der Waals surface area contributed by atoms with Crippen LogP contribution < -0.4 is 5.01 Å². The summed E-state index contributed by atoms with van der Waals surface area (Å²) in [6.45, 7) is 5.74. The fourth-order valence-corrected chi connectivity index (χ4v) is 2.61. The summed E-state index contributed by atoms with van der Waals surface area (Å²) in [6, 6.07) is 11.9. The number of benzene rings is 2. The quantitative estimate of drug-likeness (QED) is 0.483. The van der Waals surface area contributed by atoms with E-state index in [-0.39, 0.29) is 11.6 Å². The third-order valence-electron chi connectivity index (χ3n) is 4.19. The summed E-state index contributed by atoms with van der Waals surface area (Å²) in [7, 11) is 0. The van der Waals surface area contributed by atoms with Crippen molar-refractivity contribution in [1.82, 2.24) is 0 Å². The molecule has 6 heteroatoms. The van der Waals surface area contributed by atoms with Crippen LogP contribution >= 0.6 is 0 Å². The van der Waals surface area contributed by atoms with E-state index in [2.05, 4.69) is 5.10 Å². The van der Waals surface area contributed by atoms with E-state index >= 15 is 0 Å². The highest BCUT2D eigenvalue weighted by atomic mass is 16.6. The van der Waals surface area contributed by atoms with Gasteiger partial charge in [0.25, 0.3) is 11.6 Å². The fourth-order valence-electron chi connectivity index (χ4n) is 2.61. The van der Waals surface area contributed by atoms with Crippen molar-refractivity contribution < 1.29 is 9.72 Å². The molecule has 0 radical (unpaired) electrons. The van der Waals surface area contributed by atoms with Gasteiger partial charge >= 0.3 is 0 Å². The second kappa shape index (κ2) is 6.32. The first-order valence-corrected chi connectivity index (χ1v) is 7.80. The Kier molecular flexibility index (Phi) is 4.19. The molecule has 1 amide bonds. The van der Waals surface area contributed by atoms with Crippen molar-refractivity contribution in [2.75, 3.05) is 5.01 Å². The van der Waals surface area contributed by atoms with Crippen molar-refractivity contribution in [3.8, 4) is 0 Å². The number of aryl methyl sites for hydroxylation is 2. The Morgan fingerprint density at radius 1 is 1.08 bits per heavy atom. The normalized spacial score (nSPS) is 15.6. The first-order chi connectivity index (χ1) is 11.9. The molecule has 25 heavy (non-hydrogen) atoms. The van der Waals surface area contributed by atoms with Gasteiger partial charge in [0.1, 0.15) is 0 Å². The number of carbonyl (C=O) groups excluding carboxylic acids is 1. The minimum Gasteiger partial charge on any atom is -0.267 e. The van der Waals surface area contributed by atoms with Gasteiger partial charge in [0.05, 0.1) is 21.9 Å². The van der Waals surface area contributed by atoms with Crippen LogP contribution in [0.4, 0.5) is 11.4 Å². The van der Waals surface area contributed by atoms with Crippen LogP contribution in [0.2, 0.25) is 0 Å². The van der Waals surface area contributed by atoms with Gasteiger partial charge < -0.3 is 0 Å². The molecule has 2 aromatic rings. The lowest BCUT2D eigenvalue weighted by molar-refractivity contribution is -0.384. The maximum Gasteiger partial charge on any atom is 0.280 e. The Bertz CT molecular complexity index is 945. The van der Waals surface area contributed by atoms with Crippen LogP contribution in [-0.2, 0) is 4.79 Å². The molecule has 0 bridgehead atoms. The number of rotatable bonds is 3. The van der Waals surface area contributed by atoms with Crippen molar-refractivity contribution in [2.45, 2.75) is 20.8 Å². The summed E-state index contributed by atoms with van der Waals surface area (Å²) in [6.07, 6.45) is 1.63. The second-order valence-electron chi connectivity index (χ2n) is 5.98. The summed E-state index contributed by atoms with van der Waals surface area (Å²) in [4.78, 5) is 23.2. The summed E-state index contributed by atoms with van der Waals surface area (Å²) >= 11 is 0. The predicted molar refractivity (Wildman–Crippen MR) is 97.6 cm³/mol. The van der Waals surface area contributed by atoms with Crippen molar-refractivity contribution in [3.63, 3.8) is 0 Å². The molecule has 0 saturated heterocycles. The van der Waals surface area contributed by atoms with Crippen LogP contribution in [0.15, 0.2) is 53.1 Å². The van der Waals surface area contributed by atoms with E-state index in [1.165, 1.54) is 17.1 Å². The molecular formula is C19H17N3O3. The van der Waals surface area contributed by atoms with Gasteiger partial charge in [-0.3, -0.25) is 14.9 Å². The van der Waals surface area contributed by atoms with Crippen LogP contribution in [0.3, 0.4) is 0 Å². The molecule has 0 aliphatic carbocycles. The molecule has 0 N–H and O–H groups in total. The maximum atomic E-state index is 12.7. The van der Waals surface area contributed by atoms with Gasteiger partial charge in [0, 0.05) is 12.1 Å². The average Bonchev–Trinajstić information content (AvgIpc) is 2.86. The van der Waals surface area contributed by atoms with Gasteiger partial charge in [-0.25, -0.2) is 0 Å². The number of hydrogen-bond acceptors (Lipinski definition) is 4. The zero-order valence-corrected chi connectivity index (χ0v) is 14.2. The SMILES string of the molecule is CC1=NN(c2ccc(C)c(C)c2)C(=O)C1=Cc1cccc([N+](=O)[O-])c1. The highest BCUT2D eigenvalue weighted by Gasteiger charge is 2.28. The Balaban J connectivity index is 1.96. The zero-order valence-electron chi connectivity index (χ0n) is 14.2. The van der Waals surface area contributed by atoms with Gasteiger partial charge in [0.2, 0.25) is 0 Å². The van der Waals surface area contributed by atoms with Crippen LogP contribution in [0, 0.1) is 24.0 Å². The van der Waals surface area contributed by atoms with Crippen LogP contribution in [-0.4, -0.2) is 16.5 Å². The third kappa shape index (κ3) is 3.19. The minimum atomic E-state index is -0.458. The molecule has 2 aromatic carbocycles. The molecule has 0 saturated carbocycles. The van der Waals surface area contributed by atoms with E-state index in [9.17, 15) is 14.9 Å². The molecule has 126 valence electrons. The van der Waals surface area contributed by atoms with Crippen LogP contribution in [0.25, 0.3) is 6.08 Å². The monoisotopic (exact) mass is 335 g/mol. The molecular weight excluding hydrogens is 318 g/mol. The lowest BCUT2D eigenvalue weighted by Crippen LogP contribution is -2.21. The van der Waals surface area contributed by atoms with Gasteiger partial charge in [-0.2, -0.15) is 10.1 Å². The first kappa shape index (κ1) is 16.6. The third-order valence-corrected chi connectivity index (χ3v) is 4.19. The zero-order chi connectivity index (χ0) is 18.1. The Labute approximate surface area is 145 Å². The number of hydrazone groups is 1. The lowest BCUT2D eigenvalue weighted by Gasteiger charge is -2.13. The van der Waals surface area contributed by atoms with Gasteiger partial charge in [-0.15, -0.1) is 0 Å². The molecule has 0 aromatic heterocycles. The van der Waals surface area contributed by atoms with E-state index < -0.39 is 4.92 Å². The number of hydrogen-bond donors (Lipinski definition) is 0. The number of amides is 1. The Morgan fingerprint density at radius 3 is 2.52 bits per heavy atom. The van der Waals surface area contributed by atoms with E-state index in [4.69, 9.17) is 0 Å². The smallest absolute Gasteiger partial charge is 0.267 e. The molecule has 1 aliphatic rings. The number of nitrogens with zero attached hydrogens (tertiary/aromatic N) is 3. The Morgan fingerprint density at radius 2 is 1.84 bits per heavy atom. The second-order valence-corrected chi connectivity index (χ2v) is 5.98. The number of nitro groups is 1. The maximum absolute atomic E-state index is 12.7. The topological polar surface area (TPSA) is 75.8 Å². The Hall–Kier alpha value is -3.28. The van der Waals surface area contributed by atoms with Crippen molar-refractivity contribution in [2.24, 2.45) is 5.10 Å². The molecule has 1 aliphatic heterocycles. The molecule has 0 unspecified atom stereocenters. The molecule has 0 spiro atoms. The number of carbonyl (C=O) groups is 1. The lowest BCUT2D eigenvalue weighted by atomic mass is 10.1. The summed E-state index contributed by atoms with van der Waals surface area (Å²) in [5.41, 5.74) is 4.51. The van der Waals surface area contributed by atoms with Crippen molar-refractivity contribution in [3.05, 3.63) is 74.8 Å². The average molecular weight is 335 g/mol. The van der Waals surface area contributed by atoms with Crippen molar-refractivity contribution in [1.29, 1.82) is 0 Å². The van der Waals surface area contributed by atoms with E-state index in [1.54, 1.807) is 25.1 Å².